The number of hydrogen-bond donors (Lipinski definition) is 0. The Hall–Kier alpha value is -0.930. The van der Waals surface area contributed by atoms with Crippen molar-refractivity contribution in [2.75, 3.05) is 0 Å². The lowest BCUT2D eigenvalue weighted by Gasteiger charge is -2.26. The molecule has 1 saturated heterocycles. The van der Waals surface area contributed by atoms with E-state index in [0.717, 1.165) is 0 Å². The highest BCUT2D eigenvalue weighted by Crippen LogP contribution is 2.43. The van der Waals surface area contributed by atoms with Crippen molar-refractivity contribution in [2.24, 2.45) is 5.92 Å². The van der Waals surface area contributed by atoms with E-state index >= 15 is 0 Å². The molecule has 0 aromatic carbocycles. The normalized spacial score (nSPS) is 25.1. The zero-order valence-corrected chi connectivity index (χ0v) is 11.9. The van der Waals surface area contributed by atoms with E-state index in [9.17, 15) is 4.79 Å². The molecule has 2 heterocycles. The maximum absolute atomic E-state index is 12.6. The van der Waals surface area contributed by atoms with Crippen LogP contribution in [0.5, 0.6) is 0 Å². The molecule has 0 bridgehead atoms. The fourth-order valence-corrected chi connectivity index (χ4v) is 2.95. The summed E-state index contributed by atoms with van der Waals surface area (Å²) in [6, 6.07) is 1.67. The van der Waals surface area contributed by atoms with E-state index in [4.69, 9.17) is 16.3 Å². The van der Waals surface area contributed by atoms with Gasteiger partial charge in [-0.25, -0.2) is 0 Å². The number of aromatic nitrogens is 1. The van der Waals surface area contributed by atoms with E-state index in [1.807, 2.05) is 27.7 Å². The van der Waals surface area contributed by atoms with Gasteiger partial charge in [-0.05, 0) is 40.2 Å². The molecule has 4 heteroatoms. The van der Waals surface area contributed by atoms with Crippen LogP contribution in [0.25, 0.3) is 0 Å². The molecule has 98 valence electrons. The maximum atomic E-state index is 12.6. The Morgan fingerprint density at radius 1 is 1.44 bits per heavy atom. The van der Waals surface area contributed by atoms with Crippen molar-refractivity contribution >= 4 is 17.4 Å². The second kappa shape index (κ2) is 4.32. The van der Waals surface area contributed by atoms with Crippen LogP contribution in [-0.4, -0.2) is 22.0 Å². The molecule has 1 aromatic heterocycles. The van der Waals surface area contributed by atoms with Crippen molar-refractivity contribution in [3.05, 3.63) is 29.0 Å². The standard InChI is InChI=1S/C14H18ClNO2/c1-13(2)7-10(14(3,4)18-13)12(17)9-5-6-16-8-11(9)15/h5-6,8,10H,7H2,1-4H3. The van der Waals surface area contributed by atoms with E-state index in [-0.39, 0.29) is 17.3 Å². The van der Waals surface area contributed by atoms with E-state index in [0.29, 0.717) is 17.0 Å². The molecule has 0 amide bonds. The van der Waals surface area contributed by atoms with Crippen molar-refractivity contribution in [2.45, 2.75) is 45.3 Å². The van der Waals surface area contributed by atoms with Crippen LogP contribution in [0.2, 0.25) is 5.02 Å². The first-order chi connectivity index (χ1) is 8.23. The van der Waals surface area contributed by atoms with Crippen molar-refractivity contribution in [1.29, 1.82) is 0 Å². The Kier molecular flexibility index (Phi) is 3.24. The van der Waals surface area contributed by atoms with E-state index in [2.05, 4.69) is 4.98 Å². The van der Waals surface area contributed by atoms with Gasteiger partial charge >= 0.3 is 0 Å². The third kappa shape index (κ3) is 2.43. The number of ether oxygens (including phenoxy) is 1. The van der Waals surface area contributed by atoms with Gasteiger partial charge in [0.15, 0.2) is 5.78 Å². The summed E-state index contributed by atoms with van der Waals surface area (Å²) in [6.45, 7) is 7.94. The van der Waals surface area contributed by atoms with Gasteiger partial charge in [-0.3, -0.25) is 9.78 Å². The van der Waals surface area contributed by atoms with Gasteiger partial charge in [-0.2, -0.15) is 0 Å². The Morgan fingerprint density at radius 2 is 2.11 bits per heavy atom. The second-order valence-electron chi connectivity index (χ2n) is 5.94. The SMILES string of the molecule is CC1(C)CC(C(=O)c2ccncc2Cl)C(C)(C)O1. The number of carbonyl (C=O) groups excluding carboxylic acids is 1. The summed E-state index contributed by atoms with van der Waals surface area (Å²) in [5.74, 6) is -0.134. The molecule has 3 nitrogen and oxygen atoms in total. The van der Waals surface area contributed by atoms with E-state index in [1.54, 1.807) is 12.3 Å². The van der Waals surface area contributed by atoms with Gasteiger partial charge in [-0.1, -0.05) is 11.6 Å². The Morgan fingerprint density at radius 3 is 2.61 bits per heavy atom. The van der Waals surface area contributed by atoms with Crippen LogP contribution in [0, 0.1) is 5.92 Å². The topological polar surface area (TPSA) is 39.2 Å². The largest absolute Gasteiger partial charge is 0.369 e. The summed E-state index contributed by atoms with van der Waals surface area (Å²) < 4.78 is 5.95. The number of Topliss-reactive ketones (excluding diaryl/α,β-unsaturated/α-hetero) is 1. The summed E-state index contributed by atoms with van der Waals surface area (Å²) in [6.07, 6.45) is 3.80. The fourth-order valence-electron chi connectivity index (χ4n) is 2.73. The van der Waals surface area contributed by atoms with Crippen molar-refractivity contribution in [3.63, 3.8) is 0 Å². The van der Waals surface area contributed by atoms with E-state index in [1.165, 1.54) is 6.20 Å². The minimum atomic E-state index is -0.465. The number of nitrogens with zero attached hydrogens (tertiary/aromatic N) is 1. The molecular formula is C14H18ClNO2. The average molecular weight is 268 g/mol. The van der Waals surface area contributed by atoms with Crippen LogP contribution < -0.4 is 0 Å². The quantitative estimate of drug-likeness (QED) is 0.770. The van der Waals surface area contributed by atoms with Crippen molar-refractivity contribution in [3.8, 4) is 0 Å². The molecule has 0 N–H and O–H groups in total. The van der Waals surface area contributed by atoms with Crippen LogP contribution >= 0.6 is 11.6 Å². The molecular weight excluding hydrogens is 250 g/mol. The zero-order valence-electron chi connectivity index (χ0n) is 11.2. The second-order valence-corrected chi connectivity index (χ2v) is 6.35. The van der Waals surface area contributed by atoms with Crippen molar-refractivity contribution in [1.82, 2.24) is 4.98 Å². The number of pyridine rings is 1. The monoisotopic (exact) mass is 267 g/mol. The predicted molar refractivity (Wildman–Crippen MR) is 70.9 cm³/mol. The summed E-state index contributed by atoms with van der Waals surface area (Å²) in [7, 11) is 0. The lowest BCUT2D eigenvalue weighted by atomic mass is 9.82. The molecule has 1 atom stereocenters. The first-order valence-corrected chi connectivity index (χ1v) is 6.45. The molecule has 1 fully saturated rings. The molecule has 0 spiro atoms. The van der Waals surface area contributed by atoms with E-state index < -0.39 is 5.60 Å². The number of halogens is 1. The number of hydrogen-bond acceptors (Lipinski definition) is 3. The Bertz CT molecular complexity index is 482. The van der Waals surface area contributed by atoms with Gasteiger partial charge in [0.1, 0.15) is 0 Å². The van der Waals surface area contributed by atoms with Crippen LogP contribution in [0.3, 0.4) is 0 Å². The molecule has 2 rings (SSSR count). The number of ketones is 1. The fraction of sp³-hybridized carbons (Fsp3) is 0.571. The molecule has 0 saturated carbocycles. The maximum Gasteiger partial charge on any atom is 0.170 e. The summed E-state index contributed by atoms with van der Waals surface area (Å²) in [4.78, 5) is 16.5. The van der Waals surface area contributed by atoms with Gasteiger partial charge in [0, 0.05) is 18.0 Å². The third-order valence-corrected chi connectivity index (χ3v) is 3.73. The molecule has 1 aliphatic heterocycles. The smallest absolute Gasteiger partial charge is 0.170 e. The first kappa shape index (κ1) is 13.5. The average Bonchev–Trinajstić information content (AvgIpc) is 2.46. The molecule has 1 unspecified atom stereocenters. The lowest BCUT2D eigenvalue weighted by molar-refractivity contribution is -0.0712. The van der Waals surface area contributed by atoms with Gasteiger partial charge in [0.25, 0.3) is 0 Å². The summed E-state index contributed by atoms with van der Waals surface area (Å²) in [5.41, 5.74) is -0.206. The highest BCUT2D eigenvalue weighted by Gasteiger charge is 2.49. The third-order valence-electron chi connectivity index (χ3n) is 3.43. The number of rotatable bonds is 2. The molecule has 0 aliphatic carbocycles. The van der Waals surface area contributed by atoms with Crippen LogP contribution in [0.1, 0.15) is 44.5 Å². The molecule has 0 radical (unpaired) electrons. The molecule has 1 aromatic rings. The lowest BCUT2D eigenvalue weighted by Crippen LogP contribution is -2.34. The number of carbonyl (C=O) groups is 1. The molecule has 18 heavy (non-hydrogen) atoms. The summed E-state index contributed by atoms with van der Waals surface area (Å²) >= 11 is 6.04. The van der Waals surface area contributed by atoms with Gasteiger partial charge < -0.3 is 4.74 Å². The van der Waals surface area contributed by atoms with Gasteiger partial charge in [0.05, 0.1) is 22.1 Å². The minimum absolute atomic E-state index is 0.0398. The minimum Gasteiger partial charge on any atom is -0.369 e. The zero-order chi connectivity index (χ0) is 13.6. The Balaban J connectivity index is 2.33. The predicted octanol–water partition coefficient (Wildman–Crippen LogP) is 3.51. The highest BCUT2D eigenvalue weighted by molar-refractivity contribution is 6.33. The van der Waals surface area contributed by atoms with Gasteiger partial charge in [0.2, 0.25) is 0 Å². The van der Waals surface area contributed by atoms with Crippen molar-refractivity contribution < 1.29 is 9.53 Å². The Labute approximate surface area is 113 Å². The molecule has 1 aliphatic rings. The first-order valence-electron chi connectivity index (χ1n) is 6.07. The van der Waals surface area contributed by atoms with Crippen LogP contribution in [-0.2, 0) is 4.74 Å². The van der Waals surface area contributed by atoms with Crippen LogP contribution in [0.4, 0.5) is 0 Å². The highest BCUT2D eigenvalue weighted by atomic mass is 35.5. The van der Waals surface area contributed by atoms with Crippen LogP contribution in [0.15, 0.2) is 18.5 Å². The summed E-state index contributed by atoms with van der Waals surface area (Å²) in [5, 5.41) is 0.406. The van der Waals surface area contributed by atoms with Gasteiger partial charge in [-0.15, -0.1) is 0 Å².